The molecule has 2 heterocycles. The minimum Gasteiger partial charge on any atom is -0.351 e. The van der Waals surface area contributed by atoms with Crippen molar-refractivity contribution in [2.75, 3.05) is 7.05 Å². The van der Waals surface area contributed by atoms with Crippen LogP contribution in [-0.2, 0) is 0 Å². The first-order valence-corrected chi connectivity index (χ1v) is 8.69. The Labute approximate surface area is 162 Å². The lowest BCUT2D eigenvalue weighted by atomic mass is 10.1. The molecule has 2 aromatic carbocycles. The number of carbonyl (C=O) groups excluding carboxylic acids is 1. The van der Waals surface area contributed by atoms with Gasteiger partial charge in [0.1, 0.15) is 11.5 Å². The minimum atomic E-state index is -1.15. The van der Waals surface area contributed by atoms with Crippen LogP contribution in [0.3, 0.4) is 0 Å². The van der Waals surface area contributed by atoms with Crippen molar-refractivity contribution in [2.45, 2.75) is 13.0 Å². The summed E-state index contributed by atoms with van der Waals surface area (Å²) in [6, 6.07) is 6.65. The monoisotopic (exact) mass is 400 g/mol. The standard InChI is InChI=1S/C20H15F3N4O2/c1-9(18-12-7-14(22)15(23)8-13(12)19(28)26-25-18)27(2)20(29)17-6-10-5-11(21)3-4-16(10)24-17/h3-9,24H,1-2H3,(H,26,28)/t9-/m1/s1. The molecule has 0 bridgehead atoms. The summed E-state index contributed by atoms with van der Waals surface area (Å²) in [7, 11) is 1.51. The lowest BCUT2D eigenvalue weighted by Crippen LogP contribution is -2.31. The number of amides is 1. The molecule has 0 spiro atoms. The predicted octanol–water partition coefficient (Wildman–Crippen LogP) is 3.65. The van der Waals surface area contributed by atoms with Crippen LogP contribution in [0.4, 0.5) is 13.2 Å². The molecule has 148 valence electrons. The minimum absolute atomic E-state index is 0.0670. The van der Waals surface area contributed by atoms with Gasteiger partial charge in [0.05, 0.1) is 17.1 Å². The first kappa shape index (κ1) is 18.7. The van der Waals surface area contributed by atoms with Crippen LogP contribution in [0, 0.1) is 17.5 Å². The Hall–Kier alpha value is -3.62. The third-order valence-corrected chi connectivity index (χ3v) is 4.97. The molecule has 0 unspecified atom stereocenters. The SMILES string of the molecule is C[C@H](c1n[nH]c(=O)c2cc(F)c(F)cc12)N(C)C(=O)c1cc2cc(F)ccc2[nH]1. The van der Waals surface area contributed by atoms with Crippen molar-refractivity contribution in [3.05, 3.63) is 75.6 Å². The summed E-state index contributed by atoms with van der Waals surface area (Å²) in [4.78, 5) is 29.1. The Kier molecular flexibility index (Phi) is 4.37. The number of carbonyl (C=O) groups is 1. The van der Waals surface area contributed by atoms with E-state index in [0.717, 1.165) is 12.1 Å². The van der Waals surface area contributed by atoms with Gasteiger partial charge in [-0.15, -0.1) is 0 Å². The Bertz CT molecular complexity index is 1330. The van der Waals surface area contributed by atoms with Crippen molar-refractivity contribution in [3.8, 4) is 0 Å². The maximum Gasteiger partial charge on any atom is 0.272 e. The average Bonchev–Trinajstić information content (AvgIpc) is 3.11. The molecule has 2 aromatic heterocycles. The molecule has 4 rings (SSSR count). The molecule has 4 aromatic rings. The van der Waals surface area contributed by atoms with Crippen LogP contribution < -0.4 is 5.56 Å². The number of fused-ring (bicyclic) bond motifs is 2. The number of rotatable bonds is 3. The maximum absolute atomic E-state index is 13.8. The molecule has 9 heteroatoms. The molecule has 6 nitrogen and oxygen atoms in total. The maximum atomic E-state index is 13.8. The largest absolute Gasteiger partial charge is 0.351 e. The summed E-state index contributed by atoms with van der Waals surface area (Å²) < 4.78 is 40.7. The van der Waals surface area contributed by atoms with Crippen LogP contribution in [0.1, 0.15) is 29.1 Å². The van der Waals surface area contributed by atoms with E-state index in [2.05, 4.69) is 15.2 Å². The molecule has 0 radical (unpaired) electrons. The Morgan fingerprint density at radius 3 is 2.48 bits per heavy atom. The second-order valence-corrected chi connectivity index (χ2v) is 6.76. The normalized spacial score (nSPS) is 12.4. The molecule has 0 saturated carbocycles. The van der Waals surface area contributed by atoms with E-state index in [1.54, 1.807) is 6.92 Å². The highest BCUT2D eigenvalue weighted by molar-refractivity contribution is 5.98. The zero-order valence-electron chi connectivity index (χ0n) is 15.4. The Balaban J connectivity index is 1.74. The molecule has 1 amide bonds. The van der Waals surface area contributed by atoms with Crippen LogP contribution in [0.15, 0.2) is 41.2 Å². The highest BCUT2D eigenvalue weighted by Gasteiger charge is 2.24. The van der Waals surface area contributed by atoms with Crippen LogP contribution in [0.5, 0.6) is 0 Å². The zero-order valence-corrected chi connectivity index (χ0v) is 15.4. The van der Waals surface area contributed by atoms with E-state index >= 15 is 0 Å². The third kappa shape index (κ3) is 3.14. The van der Waals surface area contributed by atoms with Crippen molar-refractivity contribution in [2.24, 2.45) is 0 Å². The third-order valence-electron chi connectivity index (χ3n) is 4.97. The number of aromatic amines is 2. The van der Waals surface area contributed by atoms with Gasteiger partial charge in [-0.25, -0.2) is 18.3 Å². The van der Waals surface area contributed by atoms with Gasteiger partial charge in [-0.05, 0) is 43.3 Å². The number of H-pyrrole nitrogens is 2. The zero-order chi connectivity index (χ0) is 20.9. The molecule has 0 aliphatic carbocycles. The quantitative estimate of drug-likeness (QED) is 0.551. The summed E-state index contributed by atoms with van der Waals surface area (Å²) in [5.41, 5.74) is 0.366. The van der Waals surface area contributed by atoms with E-state index in [9.17, 15) is 22.8 Å². The van der Waals surface area contributed by atoms with E-state index in [4.69, 9.17) is 0 Å². The van der Waals surface area contributed by atoms with Gasteiger partial charge in [0, 0.05) is 23.3 Å². The summed E-state index contributed by atoms with van der Waals surface area (Å²) >= 11 is 0. The van der Waals surface area contributed by atoms with E-state index < -0.39 is 35.0 Å². The number of halogens is 3. The fraction of sp³-hybridized carbons (Fsp3) is 0.150. The highest BCUT2D eigenvalue weighted by atomic mass is 19.2. The van der Waals surface area contributed by atoms with Crippen molar-refractivity contribution in [3.63, 3.8) is 0 Å². The van der Waals surface area contributed by atoms with Gasteiger partial charge in [0.15, 0.2) is 11.6 Å². The van der Waals surface area contributed by atoms with Gasteiger partial charge in [0.2, 0.25) is 0 Å². The van der Waals surface area contributed by atoms with Gasteiger partial charge >= 0.3 is 0 Å². The fourth-order valence-corrected chi connectivity index (χ4v) is 3.26. The lowest BCUT2D eigenvalue weighted by molar-refractivity contribution is 0.0735. The Morgan fingerprint density at radius 2 is 1.76 bits per heavy atom. The number of hydrogen-bond acceptors (Lipinski definition) is 3. The van der Waals surface area contributed by atoms with E-state index in [-0.39, 0.29) is 22.2 Å². The number of nitrogens with zero attached hydrogens (tertiary/aromatic N) is 2. The van der Waals surface area contributed by atoms with Gasteiger partial charge in [-0.1, -0.05) is 0 Å². The molecule has 0 saturated heterocycles. The molecule has 0 fully saturated rings. The highest BCUT2D eigenvalue weighted by Crippen LogP contribution is 2.27. The van der Waals surface area contributed by atoms with E-state index in [0.29, 0.717) is 10.9 Å². The second kappa shape index (κ2) is 6.77. The fourth-order valence-electron chi connectivity index (χ4n) is 3.26. The topological polar surface area (TPSA) is 81.8 Å². The molecular formula is C20H15F3N4O2. The molecule has 2 N–H and O–H groups in total. The second-order valence-electron chi connectivity index (χ2n) is 6.76. The van der Waals surface area contributed by atoms with E-state index in [1.807, 2.05) is 0 Å². The van der Waals surface area contributed by atoms with Gasteiger partial charge in [-0.3, -0.25) is 9.59 Å². The van der Waals surface area contributed by atoms with Crippen molar-refractivity contribution >= 4 is 27.6 Å². The Morgan fingerprint density at radius 1 is 1.07 bits per heavy atom. The molecule has 0 aliphatic rings. The number of aromatic nitrogens is 3. The summed E-state index contributed by atoms with van der Waals surface area (Å²) in [6.45, 7) is 1.64. The predicted molar refractivity (Wildman–Crippen MR) is 101 cm³/mol. The van der Waals surface area contributed by atoms with Crippen LogP contribution >= 0.6 is 0 Å². The average molecular weight is 400 g/mol. The van der Waals surface area contributed by atoms with Crippen molar-refractivity contribution < 1.29 is 18.0 Å². The van der Waals surface area contributed by atoms with E-state index in [1.165, 1.54) is 36.2 Å². The van der Waals surface area contributed by atoms with Crippen molar-refractivity contribution in [1.29, 1.82) is 0 Å². The van der Waals surface area contributed by atoms with Gasteiger partial charge in [0.25, 0.3) is 11.5 Å². The first-order valence-electron chi connectivity index (χ1n) is 8.69. The number of nitrogens with one attached hydrogen (secondary N) is 2. The summed E-state index contributed by atoms with van der Waals surface area (Å²) in [6.07, 6.45) is 0. The first-order chi connectivity index (χ1) is 13.8. The van der Waals surface area contributed by atoms with Gasteiger partial charge < -0.3 is 9.88 Å². The summed E-state index contributed by atoms with van der Waals surface area (Å²) in [5, 5.41) is 6.78. The number of benzene rings is 2. The van der Waals surface area contributed by atoms with Crippen molar-refractivity contribution in [1.82, 2.24) is 20.1 Å². The molecule has 0 aliphatic heterocycles. The smallest absolute Gasteiger partial charge is 0.272 e. The summed E-state index contributed by atoms with van der Waals surface area (Å²) in [5.74, 6) is -3.11. The van der Waals surface area contributed by atoms with Crippen LogP contribution in [0.2, 0.25) is 0 Å². The number of hydrogen-bond donors (Lipinski definition) is 2. The van der Waals surface area contributed by atoms with Gasteiger partial charge in [-0.2, -0.15) is 5.10 Å². The molecular weight excluding hydrogens is 385 g/mol. The molecule has 29 heavy (non-hydrogen) atoms. The lowest BCUT2D eigenvalue weighted by Gasteiger charge is -2.24. The molecule has 1 atom stereocenters. The van der Waals surface area contributed by atoms with Crippen LogP contribution in [0.25, 0.3) is 21.7 Å². The van der Waals surface area contributed by atoms with Crippen LogP contribution in [-0.4, -0.2) is 33.0 Å².